The van der Waals surface area contributed by atoms with Crippen LogP contribution < -0.4 is 11.1 Å². The number of halogens is 2. The molecule has 1 fully saturated rings. The highest BCUT2D eigenvalue weighted by Crippen LogP contribution is 2.22. The Hall–Kier alpha value is -1.49. The van der Waals surface area contributed by atoms with Crippen molar-refractivity contribution in [3.63, 3.8) is 0 Å². The van der Waals surface area contributed by atoms with Gasteiger partial charge < -0.3 is 11.1 Å². The number of carbonyl (C=O) groups excluding carboxylic acids is 1. The molecule has 2 rings (SSSR count). The van der Waals surface area contributed by atoms with E-state index < -0.39 is 11.6 Å². The summed E-state index contributed by atoms with van der Waals surface area (Å²) in [6, 6.07) is 4.16. The molecule has 0 saturated heterocycles. The Kier molecular flexibility index (Phi) is 5.06. The molecule has 1 aliphatic rings. The highest BCUT2D eigenvalue weighted by atomic mass is 19.2. The van der Waals surface area contributed by atoms with E-state index in [1.54, 1.807) is 0 Å². The molecule has 1 amide bonds. The van der Waals surface area contributed by atoms with Crippen LogP contribution in [0.1, 0.15) is 31.2 Å². The Morgan fingerprint density at radius 1 is 1.25 bits per heavy atom. The maximum absolute atomic E-state index is 13.4. The summed E-state index contributed by atoms with van der Waals surface area (Å²) in [5, 5.41) is 2.79. The van der Waals surface area contributed by atoms with Crippen LogP contribution in [0, 0.1) is 17.6 Å². The van der Waals surface area contributed by atoms with Crippen molar-refractivity contribution in [1.82, 2.24) is 5.32 Å². The fraction of sp³-hybridized carbons (Fsp3) is 0.533. The third-order valence-electron chi connectivity index (χ3n) is 3.86. The SMILES string of the molecule is NC1CCC(CNC(=O)Cc2cccc(F)c2F)CC1. The molecule has 110 valence electrons. The normalized spacial score (nSPS) is 22.6. The Balaban J connectivity index is 1.79. The number of amides is 1. The first kappa shape index (κ1) is 14.9. The van der Waals surface area contributed by atoms with Crippen molar-refractivity contribution in [2.75, 3.05) is 6.54 Å². The highest BCUT2D eigenvalue weighted by Gasteiger charge is 2.19. The van der Waals surface area contributed by atoms with Gasteiger partial charge in [0.25, 0.3) is 0 Å². The van der Waals surface area contributed by atoms with Crippen molar-refractivity contribution >= 4 is 5.91 Å². The van der Waals surface area contributed by atoms with Crippen LogP contribution in [0.15, 0.2) is 18.2 Å². The Morgan fingerprint density at radius 2 is 1.95 bits per heavy atom. The fourth-order valence-corrected chi connectivity index (χ4v) is 2.57. The summed E-state index contributed by atoms with van der Waals surface area (Å²) in [6.07, 6.45) is 3.86. The lowest BCUT2D eigenvalue weighted by atomic mass is 9.86. The van der Waals surface area contributed by atoms with Gasteiger partial charge in [-0.15, -0.1) is 0 Å². The lowest BCUT2D eigenvalue weighted by Gasteiger charge is -2.26. The van der Waals surface area contributed by atoms with E-state index in [0.29, 0.717) is 12.5 Å². The van der Waals surface area contributed by atoms with Gasteiger partial charge in [-0.25, -0.2) is 8.78 Å². The van der Waals surface area contributed by atoms with Crippen molar-refractivity contribution in [3.05, 3.63) is 35.4 Å². The molecule has 1 aliphatic carbocycles. The molecule has 3 N–H and O–H groups in total. The maximum atomic E-state index is 13.4. The van der Waals surface area contributed by atoms with Crippen LogP contribution in [0.2, 0.25) is 0 Å². The minimum absolute atomic E-state index is 0.0909. The minimum Gasteiger partial charge on any atom is -0.356 e. The molecule has 5 heteroatoms. The first-order valence-corrected chi connectivity index (χ1v) is 7.01. The van der Waals surface area contributed by atoms with E-state index in [2.05, 4.69) is 5.32 Å². The van der Waals surface area contributed by atoms with Gasteiger partial charge in [-0.05, 0) is 37.7 Å². The third kappa shape index (κ3) is 4.00. The summed E-state index contributed by atoms with van der Waals surface area (Å²) in [6.45, 7) is 0.586. The number of nitrogens with one attached hydrogen (secondary N) is 1. The van der Waals surface area contributed by atoms with E-state index in [0.717, 1.165) is 31.7 Å². The first-order valence-electron chi connectivity index (χ1n) is 7.01. The predicted molar refractivity (Wildman–Crippen MR) is 73.0 cm³/mol. The second-order valence-electron chi connectivity index (χ2n) is 5.47. The lowest BCUT2D eigenvalue weighted by molar-refractivity contribution is -0.120. The zero-order chi connectivity index (χ0) is 14.5. The minimum atomic E-state index is -0.939. The topological polar surface area (TPSA) is 55.1 Å². The van der Waals surface area contributed by atoms with Crippen molar-refractivity contribution < 1.29 is 13.6 Å². The first-order chi connectivity index (χ1) is 9.56. The number of carbonyl (C=O) groups is 1. The number of rotatable bonds is 4. The van der Waals surface area contributed by atoms with Crippen molar-refractivity contribution in [1.29, 1.82) is 0 Å². The van der Waals surface area contributed by atoms with E-state index in [1.165, 1.54) is 12.1 Å². The molecular formula is C15H20F2N2O. The Bertz CT molecular complexity index is 471. The predicted octanol–water partition coefficient (Wildman–Crippen LogP) is 2.14. The van der Waals surface area contributed by atoms with Gasteiger partial charge in [0.05, 0.1) is 6.42 Å². The van der Waals surface area contributed by atoms with Gasteiger partial charge in [-0.2, -0.15) is 0 Å². The molecule has 0 aliphatic heterocycles. The van der Waals surface area contributed by atoms with Crippen LogP contribution >= 0.6 is 0 Å². The van der Waals surface area contributed by atoms with Gasteiger partial charge in [0.15, 0.2) is 11.6 Å². The van der Waals surface area contributed by atoms with Crippen LogP contribution in [0.25, 0.3) is 0 Å². The van der Waals surface area contributed by atoms with Gasteiger partial charge in [0, 0.05) is 18.2 Å². The molecular weight excluding hydrogens is 262 g/mol. The second kappa shape index (κ2) is 6.79. The molecule has 0 heterocycles. The van der Waals surface area contributed by atoms with Gasteiger partial charge >= 0.3 is 0 Å². The molecule has 1 aromatic rings. The maximum Gasteiger partial charge on any atom is 0.224 e. The van der Waals surface area contributed by atoms with Crippen LogP contribution in [0.3, 0.4) is 0 Å². The highest BCUT2D eigenvalue weighted by molar-refractivity contribution is 5.78. The molecule has 3 nitrogen and oxygen atoms in total. The van der Waals surface area contributed by atoms with Crippen LogP contribution in [0.4, 0.5) is 8.78 Å². The molecule has 0 atom stereocenters. The van der Waals surface area contributed by atoms with Crippen LogP contribution in [-0.2, 0) is 11.2 Å². The number of hydrogen-bond donors (Lipinski definition) is 2. The lowest BCUT2D eigenvalue weighted by Crippen LogP contribution is -2.35. The van der Waals surface area contributed by atoms with E-state index in [9.17, 15) is 13.6 Å². The van der Waals surface area contributed by atoms with Crippen LogP contribution in [0.5, 0.6) is 0 Å². The molecule has 0 radical (unpaired) electrons. The average Bonchev–Trinajstić information content (AvgIpc) is 2.43. The van der Waals surface area contributed by atoms with E-state index >= 15 is 0 Å². The summed E-state index contributed by atoms with van der Waals surface area (Å²) in [7, 11) is 0. The number of nitrogens with two attached hydrogens (primary N) is 1. The molecule has 0 bridgehead atoms. The summed E-state index contributed by atoms with van der Waals surface area (Å²) >= 11 is 0. The third-order valence-corrected chi connectivity index (χ3v) is 3.86. The Morgan fingerprint density at radius 3 is 2.65 bits per heavy atom. The van der Waals surface area contributed by atoms with Crippen molar-refractivity contribution in [3.8, 4) is 0 Å². The molecule has 1 aromatic carbocycles. The quantitative estimate of drug-likeness (QED) is 0.889. The van der Waals surface area contributed by atoms with Gasteiger partial charge in [0.2, 0.25) is 5.91 Å². The fourth-order valence-electron chi connectivity index (χ4n) is 2.57. The molecule has 0 unspecified atom stereocenters. The zero-order valence-electron chi connectivity index (χ0n) is 11.4. The van der Waals surface area contributed by atoms with Gasteiger partial charge in [-0.3, -0.25) is 4.79 Å². The summed E-state index contributed by atoms with van der Waals surface area (Å²) < 4.78 is 26.5. The van der Waals surface area contributed by atoms with Gasteiger partial charge in [-0.1, -0.05) is 12.1 Å². The smallest absolute Gasteiger partial charge is 0.224 e. The standard InChI is InChI=1S/C15H20F2N2O/c16-13-3-1-2-11(15(13)17)8-14(20)19-9-10-4-6-12(18)7-5-10/h1-3,10,12H,4-9,18H2,(H,19,20). The van der Waals surface area contributed by atoms with Crippen molar-refractivity contribution in [2.24, 2.45) is 11.7 Å². The molecule has 0 aromatic heterocycles. The summed E-state index contributed by atoms with van der Waals surface area (Å²) in [4.78, 5) is 11.8. The molecule has 20 heavy (non-hydrogen) atoms. The largest absolute Gasteiger partial charge is 0.356 e. The van der Waals surface area contributed by atoms with E-state index in [-0.39, 0.29) is 23.9 Å². The average molecular weight is 282 g/mol. The summed E-state index contributed by atoms with van der Waals surface area (Å²) in [5.41, 5.74) is 5.91. The Labute approximate surface area is 117 Å². The second-order valence-corrected chi connectivity index (χ2v) is 5.47. The molecule has 0 spiro atoms. The number of hydrogen-bond acceptors (Lipinski definition) is 2. The van der Waals surface area contributed by atoms with Crippen molar-refractivity contribution in [2.45, 2.75) is 38.1 Å². The van der Waals surface area contributed by atoms with Crippen LogP contribution in [-0.4, -0.2) is 18.5 Å². The summed E-state index contributed by atoms with van der Waals surface area (Å²) in [5.74, 6) is -1.69. The molecule has 1 saturated carbocycles. The van der Waals surface area contributed by atoms with Gasteiger partial charge in [0.1, 0.15) is 0 Å². The zero-order valence-corrected chi connectivity index (χ0v) is 11.4. The van der Waals surface area contributed by atoms with E-state index in [1.807, 2.05) is 0 Å². The number of benzene rings is 1. The van der Waals surface area contributed by atoms with E-state index in [4.69, 9.17) is 5.73 Å². The monoisotopic (exact) mass is 282 g/mol.